The maximum Gasteiger partial charge on any atom is 0.232 e. The number of pyridine rings is 1. The smallest absolute Gasteiger partial charge is 0.232 e. The summed E-state index contributed by atoms with van der Waals surface area (Å²) in [4.78, 5) is 34.0. The zero-order valence-corrected chi connectivity index (χ0v) is 17.3. The molecule has 0 unspecified atom stereocenters. The quantitative estimate of drug-likeness (QED) is 0.483. The summed E-state index contributed by atoms with van der Waals surface area (Å²) in [6.07, 6.45) is 3.61. The second-order valence-corrected chi connectivity index (χ2v) is 7.96. The summed E-state index contributed by atoms with van der Waals surface area (Å²) < 4.78 is 0. The van der Waals surface area contributed by atoms with E-state index in [2.05, 4.69) is 35.6 Å². The number of hydrogen-bond acceptors (Lipinski definition) is 9. The first-order chi connectivity index (χ1) is 14.0. The summed E-state index contributed by atoms with van der Waals surface area (Å²) in [5, 5.41) is 10.8. The van der Waals surface area contributed by atoms with Crippen molar-refractivity contribution < 1.29 is 4.79 Å². The summed E-state index contributed by atoms with van der Waals surface area (Å²) in [5.74, 6) is 0.329. The van der Waals surface area contributed by atoms with Gasteiger partial charge in [0.15, 0.2) is 10.3 Å². The van der Waals surface area contributed by atoms with Crippen molar-refractivity contribution >= 4 is 44.8 Å². The van der Waals surface area contributed by atoms with Crippen LogP contribution in [0.1, 0.15) is 17.1 Å². The van der Waals surface area contributed by atoms with Crippen LogP contribution in [0, 0.1) is 13.8 Å². The minimum atomic E-state index is -0.170. The van der Waals surface area contributed by atoms with Gasteiger partial charge in [0, 0.05) is 40.1 Å². The normalized spacial score (nSPS) is 10.7. The lowest BCUT2D eigenvalue weighted by molar-refractivity contribution is -0.115. The van der Waals surface area contributed by atoms with Crippen molar-refractivity contribution in [3.63, 3.8) is 0 Å². The van der Waals surface area contributed by atoms with E-state index in [9.17, 15) is 4.79 Å². The summed E-state index contributed by atoms with van der Waals surface area (Å²) in [6, 6.07) is 5.68. The first-order valence-electron chi connectivity index (χ1n) is 8.74. The van der Waals surface area contributed by atoms with E-state index in [-0.39, 0.29) is 12.3 Å². The molecule has 0 aliphatic carbocycles. The molecule has 4 rings (SSSR count). The largest absolute Gasteiger partial charge is 0.302 e. The molecule has 0 radical (unpaired) electrons. The van der Waals surface area contributed by atoms with Gasteiger partial charge in [0.2, 0.25) is 11.9 Å². The highest BCUT2D eigenvalue weighted by molar-refractivity contribution is 7.14. The number of nitrogens with zero attached hydrogens (tertiary/aromatic N) is 5. The number of rotatable bonds is 6. The topological polar surface area (TPSA) is 106 Å². The molecule has 0 saturated heterocycles. The van der Waals surface area contributed by atoms with Gasteiger partial charge in [-0.2, -0.15) is 0 Å². The van der Waals surface area contributed by atoms with Gasteiger partial charge in [0.1, 0.15) is 0 Å². The van der Waals surface area contributed by atoms with Crippen molar-refractivity contribution in [1.82, 2.24) is 24.9 Å². The first-order valence-corrected chi connectivity index (χ1v) is 10.5. The van der Waals surface area contributed by atoms with Gasteiger partial charge in [0.05, 0.1) is 17.8 Å². The van der Waals surface area contributed by atoms with Crippen LogP contribution in [-0.4, -0.2) is 30.8 Å². The summed E-state index contributed by atoms with van der Waals surface area (Å²) in [7, 11) is 0. The number of hydrogen-bond donors (Lipinski definition) is 2. The molecule has 0 saturated carbocycles. The van der Waals surface area contributed by atoms with Crippen LogP contribution in [0.5, 0.6) is 0 Å². The first kappa shape index (κ1) is 19.1. The Hall–Kier alpha value is -3.24. The molecule has 8 nitrogen and oxygen atoms in total. The third-order valence-corrected chi connectivity index (χ3v) is 5.37. The fourth-order valence-corrected chi connectivity index (χ4v) is 4.07. The minimum absolute atomic E-state index is 0.160. The van der Waals surface area contributed by atoms with Crippen molar-refractivity contribution in [3.05, 3.63) is 58.4 Å². The zero-order chi connectivity index (χ0) is 20.2. The monoisotopic (exact) mass is 423 g/mol. The van der Waals surface area contributed by atoms with E-state index in [1.165, 1.54) is 22.7 Å². The van der Waals surface area contributed by atoms with Crippen LogP contribution in [0.15, 0.2) is 41.4 Å². The van der Waals surface area contributed by atoms with E-state index in [1.807, 2.05) is 42.8 Å². The molecular formula is C19H17N7OS2. The molecule has 29 heavy (non-hydrogen) atoms. The molecule has 0 aromatic carbocycles. The van der Waals surface area contributed by atoms with Gasteiger partial charge >= 0.3 is 0 Å². The van der Waals surface area contributed by atoms with Gasteiger partial charge in [-0.25, -0.2) is 19.9 Å². The number of carbonyl (C=O) groups excluding carboxylic acids is 1. The molecule has 1 amide bonds. The van der Waals surface area contributed by atoms with E-state index < -0.39 is 0 Å². The number of nitrogens with one attached hydrogen (secondary N) is 2. The Kier molecular flexibility index (Phi) is 5.54. The van der Waals surface area contributed by atoms with Gasteiger partial charge in [0.25, 0.3) is 0 Å². The van der Waals surface area contributed by atoms with E-state index in [0.29, 0.717) is 21.9 Å². The van der Waals surface area contributed by atoms with Gasteiger partial charge in [-0.05, 0) is 32.0 Å². The van der Waals surface area contributed by atoms with Gasteiger partial charge in [-0.15, -0.1) is 22.7 Å². The third kappa shape index (κ3) is 4.98. The molecule has 2 N–H and O–H groups in total. The molecule has 10 heteroatoms. The highest BCUT2D eigenvalue weighted by Gasteiger charge is 2.12. The maximum atomic E-state index is 12.3. The lowest BCUT2D eigenvalue weighted by Crippen LogP contribution is -2.14. The molecule has 0 aliphatic heterocycles. The van der Waals surface area contributed by atoms with Crippen LogP contribution in [0.3, 0.4) is 0 Å². The van der Waals surface area contributed by atoms with Crippen molar-refractivity contribution in [1.29, 1.82) is 0 Å². The van der Waals surface area contributed by atoms with Crippen LogP contribution < -0.4 is 10.6 Å². The van der Waals surface area contributed by atoms with E-state index >= 15 is 0 Å². The van der Waals surface area contributed by atoms with Crippen LogP contribution in [0.4, 0.5) is 16.2 Å². The zero-order valence-electron chi connectivity index (χ0n) is 15.7. The van der Waals surface area contributed by atoms with Crippen molar-refractivity contribution in [2.45, 2.75) is 20.3 Å². The predicted octanol–water partition coefficient (Wildman–Crippen LogP) is 3.99. The number of anilines is 3. The second kappa shape index (κ2) is 8.41. The molecule has 0 fully saturated rings. The lowest BCUT2D eigenvalue weighted by Gasteiger charge is -2.03. The molecule has 4 aromatic heterocycles. The number of amides is 1. The Morgan fingerprint density at radius 2 is 1.83 bits per heavy atom. The molecule has 0 aliphatic rings. The molecule has 0 atom stereocenters. The van der Waals surface area contributed by atoms with Gasteiger partial charge < -0.3 is 10.6 Å². The number of aromatic nitrogens is 5. The molecular weight excluding hydrogens is 406 g/mol. The predicted molar refractivity (Wildman–Crippen MR) is 115 cm³/mol. The van der Waals surface area contributed by atoms with Gasteiger partial charge in [-0.1, -0.05) is 0 Å². The highest BCUT2D eigenvalue weighted by Crippen LogP contribution is 2.24. The lowest BCUT2D eigenvalue weighted by atomic mass is 10.2. The average molecular weight is 424 g/mol. The van der Waals surface area contributed by atoms with E-state index in [4.69, 9.17) is 0 Å². The Labute approximate surface area is 175 Å². The van der Waals surface area contributed by atoms with Crippen LogP contribution in [0.25, 0.3) is 11.3 Å². The SMILES string of the molecule is Cc1cc(C)nc(Nc2nc(CC(=O)Nc3nc(-c4cccnc4)cs3)cs2)n1. The Balaban J connectivity index is 1.36. The molecule has 4 heterocycles. The highest BCUT2D eigenvalue weighted by atomic mass is 32.1. The molecule has 146 valence electrons. The Morgan fingerprint density at radius 3 is 2.59 bits per heavy atom. The fourth-order valence-electron chi connectivity index (χ4n) is 2.63. The van der Waals surface area contributed by atoms with Crippen molar-refractivity contribution in [2.75, 3.05) is 10.6 Å². The second-order valence-electron chi connectivity index (χ2n) is 6.25. The maximum absolute atomic E-state index is 12.3. The number of aryl methyl sites for hydroxylation is 2. The summed E-state index contributed by atoms with van der Waals surface area (Å²) in [5.41, 5.74) is 4.12. The summed E-state index contributed by atoms with van der Waals surface area (Å²) in [6.45, 7) is 3.83. The fraction of sp³-hybridized carbons (Fsp3) is 0.158. The summed E-state index contributed by atoms with van der Waals surface area (Å²) >= 11 is 2.78. The number of carbonyl (C=O) groups is 1. The standard InChI is InChI=1S/C19H17N7OS2/c1-11-6-12(2)22-17(21-11)26-18-23-14(9-28-18)7-16(27)25-19-24-15(10-29-19)13-4-3-5-20-8-13/h3-6,8-10H,7H2,1-2H3,(H,24,25,27)(H,21,22,23,26). The average Bonchev–Trinajstić information content (AvgIpc) is 3.31. The number of thiazole rings is 2. The van der Waals surface area contributed by atoms with E-state index in [1.54, 1.807) is 12.4 Å². The molecule has 0 spiro atoms. The van der Waals surface area contributed by atoms with Crippen LogP contribution in [0.2, 0.25) is 0 Å². The van der Waals surface area contributed by atoms with Crippen molar-refractivity contribution in [2.24, 2.45) is 0 Å². The van der Waals surface area contributed by atoms with Crippen LogP contribution >= 0.6 is 22.7 Å². The minimum Gasteiger partial charge on any atom is -0.302 e. The van der Waals surface area contributed by atoms with Gasteiger partial charge in [-0.3, -0.25) is 9.78 Å². The Bertz CT molecular complexity index is 1120. The molecule has 4 aromatic rings. The van der Waals surface area contributed by atoms with Crippen LogP contribution in [-0.2, 0) is 11.2 Å². The Morgan fingerprint density at radius 1 is 1.03 bits per heavy atom. The van der Waals surface area contributed by atoms with E-state index in [0.717, 1.165) is 22.6 Å². The molecule has 0 bridgehead atoms. The van der Waals surface area contributed by atoms with Crippen molar-refractivity contribution in [3.8, 4) is 11.3 Å². The third-order valence-electron chi connectivity index (χ3n) is 3.80.